The van der Waals surface area contributed by atoms with Gasteiger partial charge in [-0.1, -0.05) is 0 Å². The Balaban J connectivity index is 2.61. The van der Waals surface area contributed by atoms with Crippen molar-refractivity contribution in [2.24, 2.45) is 0 Å². The van der Waals surface area contributed by atoms with E-state index in [4.69, 9.17) is 25.5 Å². The summed E-state index contributed by atoms with van der Waals surface area (Å²) < 4.78 is 15.2. The van der Waals surface area contributed by atoms with Gasteiger partial charge in [0, 0.05) is 40.5 Å². The molecule has 0 saturated heterocycles. The summed E-state index contributed by atoms with van der Waals surface area (Å²) >= 11 is 5.89. The molecule has 9 heteroatoms. The molecule has 0 saturated carbocycles. The topological polar surface area (TPSA) is 93.9 Å². The Morgan fingerprint density at radius 1 is 1.32 bits per heavy atom. The molecule has 0 aliphatic carbocycles. The number of amides is 2. The van der Waals surface area contributed by atoms with Crippen LogP contribution in [0.4, 0.5) is 0 Å². The van der Waals surface area contributed by atoms with Crippen LogP contribution in [0.15, 0.2) is 10.7 Å². The number of ether oxygens (including phenoxy) is 2. The Bertz CT molecular complexity index is 536. The number of alkyl halides is 1. The molecule has 142 valence electrons. The Kier molecular flexibility index (Phi) is 10.1. The molecule has 0 fully saturated rings. The number of rotatable bonds is 12. The molecule has 1 N–H and O–H groups in total. The van der Waals surface area contributed by atoms with E-state index in [1.165, 1.54) is 6.26 Å². The first kappa shape index (κ1) is 21.4. The van der Waals surface area contributed by atoms with Crippen molar-refractivity contribution in [1.82, 2.24) is 15.2 Å². The summed E-state index contributed by atoms with van der Waals surface area (Å²) in [5.41, 5.74) is 0.177. The van der Waals surface area contributed by atoms with Gasteiger partial charge >= 0.3 is 0 Å². The molecular weight excluding hydrogens is 350 g/mol. The number of hydrogen-bond donors (Lipinski definition) is 1. The highest BCUT2D eigenvalue weighted by Gasteiger charge is 2.21. The van der Waals surface area contributed by atoms with Crippen molar-refractivity contribution in [3.63, 3.8) is 0 Å². The number of nitrogens with zero attached hydrogens (tertiary/aromatic N) is 2. The molecule has 1 heterocycles. The third kappa shape index (κ3) is 7.85. The fourth-order valence-electron chi connectivity index (χ4n) is 2.08. The van der Waals surface area contributed by atoms with E-state index in [1.807, 2.05) is 0 Å². The van der Waals surface area contributed by atoms with Crippen molar-refractivity contribution in [1.29, 1.82) is 0 Å². The third-order valence-electron chi connectivity index (χ3n) is 3.35. The Hall–Kier alpha value is -1.64. The van der Waals surface area contributed by atoms with E-state index in [1.54, 1.807) is 26.0 Å². The van der Waals surface area contributed by atoms with Crippen molar-refractivity contribution in [3.05, 3.63) is 17.8 Å². The van der Waals surface area contributed by atoms with Gasteiger partial charge in [0.15, 0.2) is 5.69 Å². The van der Waals surface area contributed by atoms with E-state index in [0.29, 0.717) is 39.1 Å². The molecule has 0 spiro atoms. The van der Waals surface area contributed by atoms with Crippen molar-refractivity contribution in [2.45, 2.75) is 31.7 Å². The molecular formula is C16H26ClN3O5. The van der Waals surface area contributed by atoms with Crippen LogP contribution >= 0.6 is 11.6 Å². The molecule has 0 aromatic carbocycles. The summed E-state index contributed by atoms with van der Waals surface area (Å²) in [7, 11) is 3.20. The zero-order valence-corrected chi connectivity index (χ0v) is 15.7. The number of carbonyl (C=O) groups excluding carboxylic acids is 2. The molecule has 25 heavy (non-hydrogen) atoms. The van der Waals surface area contributed by atoms with Crippen molar-refractivity contribution in [2.75, 3.05) is 40.5 Å². The number of aromatic nitrogens is 1. The highest BCUT2D eigenvalue weighted by molar-refractivity contribution is 6.30. The fraction of sp³-hybridized carbons (Fsp3) is 0.688. The van der Waals surface area contributed by atoms with Crippen LogP contribution in [-0.2, 0) is 20.8 Å². The van der Waals surface area contributed by atoms with Crippen LogP contribution in [0.2, 0.25) is 0 Å². The maximum atomic E-state index is 12.2. The SMILES string of the molecule is COCCCNC(=O)c1coc(CN(CCCOC)C(=O)C(C)Cl)n1. The number of carbonyl (C=O) groups is 2. The summed E-state index contributed by atoms with van der Waals surface area (Å²) in [6.07, 6.45) is 2.66. The zero-order chi connectivity index (χ0) is 18.7. The number of oxazole rings is 1. The van der Waals surface area contributed by atoms with Crippen LogP contribution in [0.3, 0.4) is 0 Å². The quantitative estimate of drug-likeness (QED) is 0.439. The van der Waals surface area contributed by atoms with E-state index >= 15 is 0 Å². The van der Waals surface area contributed by atoms with Crippen molar-refractivity contribution >= 4 is 23.4 Å². The maximum Gasteiger partial charge on any atom is 0.273 e. The maximum absolute atomic E-state index is 12.2. The minimum Gasteiger partial charge on any atom is -0.446 e. The van der Waals surface area contributed by atoms with E-state index in [-0.39, 0.29) is 29.9 Å². The van der Waals surface area contributed by atoms with Crippen molar-refractivity contribution < 1.29 is 23.5 Å². The molecule has 1 rings (SSSR count). The predicted molar refractivity (Wildman–Crippen MR) is 92.6 cm³/mol. The summed E-state index contributed by atoms with van der Waals surface area (Å²) in [5.74, 6) is -0.263. The zero-order valence-electron chi connectivity index (χ0n) is 14.9. The second kappa shape index (κ2) is 11.8. The Labute approximate surface area is 152 Å². The van der Waals surface area contributed by atoms with E-state index in [2.05, 4.69) is 10.3 Å². The van der Waals surface area contributed by atoms with Crippen molar-refractivity contribution in [3.8, 4) is 0 Å². The molecule has 1 atom stereocenters. The minimum absolute atomic E-state index is 0.149. The molecule has 0 aliphatic heterocycles. The van der Waals surface area contributed by atoms with Gasteiger partial charge in [0.1, 0.15) is 11.6 Å². The highest BCUT2D eigenvalue weighted by atomic mass is 35.5. The largest absolute Gasteiger partial charge is 0.446 e. The smallest absolute Gasteiger partial charge is 0.273 e. The molecule has 1 unspecified atom stereocenters. The summed E-state index contributed by atoms with van der Waals surface area (Å²) in [6, 6.07) is 0. The highest BCUT2D eigenvalue weighted by Crippen LogP contribution is 2.10. The number of hydrogen-bond acceptors (Lipinski definition) is 6. The molecule has 0 bridgehead atoms. The van der Waals surface area contributed by atoms with Crippen LogP contribution in [0.1, 0.15) is 36.1 Å². The van der Waals surface area contributed by atoms with Gasteiger partial charge in [-0.25, -0.2) is 4.98 Å². The first-order valence-electron chi connectivity index (χ1n) is 8.13. The van der Waals surface area contributed by atoms with Gasteiger partial charge in [0.25, 0.3) is 5.91 Å². The summed E-state index contributed by atoms with van der Waals surface area (Å²) in [5, 5.41) is 2.07. The monoisotopic (exact) mass is 375 g/mol. The Morgan fingerprint density at radius 3 is 2.64 bits per heavy atom. The second-order valence-electron chi connectivity index (χ2n) is 5.45. The number of methoxy groups -OCH3 is 2. The first-order chi connectivity index (χ1) is 12.0. The van der Waals surface area contributed by atoms with Gasteiger partial charge in [-0.2, -0.15) is 0 Å². The van der Waals surface area contributed by atoms with Crippen LogP contribution < -0.4 is 5.32 Å². The predicted octanol–water partition coefficient (Wildman–Crippen LogP) is 1.43. The lowest BCUT2D eigenvalue weighted by Crippen LogP contribution is -2.36. The molecule has 8 nitrogen and oxygen atoms in total. The fourth-order valence-corrected chi connectivity index (χ4v) is 2.22. The second-order valence-corrected chi connectivity index (χ2v) is 6.11. The summed E-state index contributed by atoms with van der Waals surface area (Å²) in [4.78, 5) is 29.8. The molecule has 2 amide bonds. The molecule has 1 aromatic heterocycles. The van der Waals surface area contributed by atoms with Gasteiger partial charge in [-0.15, -0.1) is 11.6 Å². The minimum atomic E-state index is -0.652. The lowest BCUT2D eigenvalue weighted by atomic mass is 10.3. The van der Waals surface area contributed by atoms with E-state index in [9.17, 15) is 9.59 Å². The molecule has 1 aromatic rings. The van der Waals surface area contributed by atoms with Gasteiger partial charge in [-0.3, -0.25) is 9.59 Å². The van der Waals surface area contributed by atoms with E-state index in [0.717, 1.165) is 0 Å². The van der Waals surface area contributed by atoms with Gasteiger partial charge < -0.3 is 24.1 Å². The average molecular weight is 376 g/mol. The number of halogens is 1. The van der Waals surface area contributed by atoms with Gasteiger partial charge in [0.2, 0.25) is 11.8 Å². The van der Waals surface area contributed by atoms with Crippen LogP contribution in [0, 0.1) is 0 Å². The molecule has 0 radical (unpaired) electrons. The van der Waals surface area contributed by atoms with Crippen LogP contribution in [0.25, 0.3) is 0 Å². The molecule has 0 aliphatic rings. The summed E-state index contributed by atoms with van der Waals surface area (Å²) in [6.45, 7) is 3.81. The average Bonchev–Trinajstić information content (AvgIpc) is 3.05. The number of nitrogens with one attached hydrogen (secondary N) is 1. The normalized spacial score (nSPS) is 12.0. The standard InChI is InChI=1S/C16H26ClN3O5/c1-12(17)16(22)20(7-5-9-24-3)10-14-19-13(11-25-14)15(21)18-6-4-8-23-2/h11-12H,4-10H2,1-3H3,(H,18,21). The lowest BCUT2D eigenvalue weighted by molar-refractivity contribution is -0.131. The van der Waals surface area contributed by atoms with Crippen LogP contribution in [0.5, 0.6) is 0 Å². The third-order valence-corrected chi connectivity index (χ3v) is 3.54. The van der Waals surface area contributed by atoms with Gasteiger partial charge in [-0.05, 0) is 19.8 Å². The van der Waals surface area contributed by atoms with Crippen LogP contribution in [-0.4, -0.2) is 67.6 Å². The van der Waals surface area contributed by atoms with Gasteiger partial charge in [0.05, 0.1) is 6.54 Å². The first-order valence-corrected chi connectivity index (χ1v) is 8.56. The Morgan fingerprint density at radius 2 is 2.00 bits per heavy atom. The van der Waals surface area contributed by atoms with E-state index < -0.39 is 5.38 Å². The lowest BCUT2D eigenvalue weighted by Gasteiger charge is -2.22.